The Kier molecular flexibility index (Phi) is 3.24. The monoisotopic (exact) mass is 253 g/mol. The summed E-state index contributed by atoms with van der Waals surface area (Å²) in [5, 5.41) is 3.50. The van der Waals surface area contributed by atoms with Crippen LogP contribution in [0.25, 0.3) is 0 Å². The average molecular weight is 254 g/mol. The zero-order valence-corrected chi connectivity index (χ0v) is 10.1. The Morgan fingerprint density at radius 2 is 2.21 bits per heavy atom. The molecule has 1 saturated carbocycles. The highest BCUT2D eigenvalue weighted by atomic mass is 79.9. The molecular formula is C12H16BrN. The topological polar surface area (TPSA) is 12.0 Å². The van der Waals surface area contributed by atoms with Crippen LogP contribution in [0.2, 0.25) is 0 Å². The maximum atomic E-state index is 3.57. The minimum Gasteiger partial charge on any atom is -0.312 e. The smallest absolute Gasteiger partial charge is 0.0220 e. The fourth-order valence-electron chi connectivity index (χ4n) is 1.57. The van der Waals surface area contributed by atoms with Gasteiger partial charge >= 0.3 is 0 Å². The van der Waals surface area contributed by atoms with Crippen molar-refractivity contribution in [1.82, 2.24) is 5.32 Å². The van der Waals surface area contributed by atoms with Crippen LogP contribution in [-0.4, -0.2) is 6.54 Å². The molecule has 1 fully saturated rings. The third kappa shape index (κ3) is 2.82. The lowest BCUT2D eigenvalue weighted by molar-refractivity contribution is 0.637. The summed E-state index contributed by atoms with van der Waals surface area (Å²) in [6.07, 6.45) is 2.84. The standard InChI is InChI=1S/C12H16BrN/c1-9-2-5-12(13)11(6-9)8-14-7-10-3-4-10/h2,5-6,10,14H,3-4,7-8H2,1H3. The molecular weight excluding hydrogens is 238 g/mol. The number of aryl methyl sites for hydroxylation is 1. The van der Waals surface area contributed by atoms with Crippen molar-refractivity contribution in [2.75, 3.05) is 6.54 Å². The molecule has 1 aromatic carbocycles. The molecule has 0 bridgehead atoms. The Bertz CT molecular complexity index is 318. The van der Waals surface area contributed by atoms with E-state index in [4.69, 9.17) is 0 Å². The first-order valence-corrected chi connectivity index (χ1v) is 6.01. The second kappa shape index (κ2) is 4.45. The van der Waals surface area contributed by atoms with Gasteiger partial charge in [0.15, 0.2) is 0 Å². The maximum Gasteiger partial charge on any atom is 0.0220 e. The molecule has 1 N–H and O–H groups in total. The molecule has 1 aliphatic rings. The number of nitrogens with one attached hydrogen (secondary N) is 1. The number of benzene rings is 1. The minimum absolute atomic E-state index is 0.957. The van der Waals surface area contributed by atoms with Crippen molar-refractivity contribution in [3.8, 4) is 0 Å². The summed E-state index contributed by atoms with van der Waals surface area (Å²) in [7, 11) is 0. The third-order valence-electron chi connectivity index (χ3n) is 2.65. The van der Waals surface area contributed by atoms with Gasteiger partial charge in [-0.1, -0.05) is 33.6 Å². The van der Waals surface area contributed by atoms with Crippen LogP contribution >= 0.6 is 15.9 Å². The van der Waals surface area contributed by atoms with E-state index in [1.165, 1.54) is 35.0 Å². The molecule has 0 heterocycles. The molecule has 0 unspecified atom stereocenters. The average Bonchev–Trinajstić information content (AvgIpc) is 2.95. The summed E-state index contributed by atoms with van der Waals surface area (Å²) < 4.78 is 1.21. The van der Waals surface area contributed by atoms with Gasteiger partial charge in [-0.05, 0) is 43.9 Å². The van der Waals surface area contributed by atoms with E-state index in [1.807, 2.05) is 0 Å². The van der Waals surface area contributed by atoms with Crippen LogP contribution in [0.15, 0.2) is 22.7 Å². The number of hydrogen-bond acceptors (Lipinski definition) is 1. The summed E-state index contributed by atoms with van der Waals surface area (Å²) in [6, 6.07) is 6.50. The Morgan fingerprint density at radius 3 is 2.93 bits per heavy atom. The molecule has 0 atom stereocenters. The van der Waals surface area contributed by atoms with Gasteiger partial charge in [-0.15, -0.1) is 0 Å². The van der Waals surface area contributed by atoms with E-state index >= 15 is 0 Å². The van der Waals surface area contributed by atoms with Crippen molar-refractivity contribution < 1.29 is 0 Å². The van der Waals surface area contributed by atoms with Crippen LogP contribution < -0.4 is 5.32 Å². The van der Waals surface area contributed by atoms with E-state index in [0.717, 1.165) is 12.5 Å². The van der Waals surface area contributed by atoms with E-state index in [-0.39, 0.29) is 0 Å². The second-order valence-corrected chi connectivity index (χ2v) is 5.02. The Balaban J connectivity index is 1.89. The van der Waals surface area contributed by atoms with Crippen LogP contribution in [0.4, 0.5) is 0 Å². The fourth-order valence-corrected chi connectivity index (χ4v) is 1.96. The lowest BCUT2D eigenvalue weighted by Gasteiger charge is -2.07. The predicted octanol–water partition coefficient (Wildman–Crippen LogP) is 3.26. The van der Waals surface area contributed by atoms with E-state index < -0.39 is 0 Å². The molecule has 1 nitrogen and oxygen atoms in total. The van der Waals surface area contributed by atoms with Gasteiger partial charge in [0.2, 0.25) is 0 Å². The highest BCUT2D eigenvalue weighted by Crippen LogP contribution is 2.27. The van der Waals surface area contributed by atoms with Gasteiger partial charge in [-0.25, -0.2) is 0 Å². The molecule has 1 aromatic rings. The molecule has 0 radical (unpaired) electrons. The largest absolute Gasteiger partial charge is 0.312 e. The molecule has 0 amide bonds. The molecule has 1 aliphatic carbocycles. The molecule has 2 heteroatoms. The first kappa shape index (κ1) is 10.2. The van der Waals surface area contributed by atoms with Gasteiger partial charge in [-0.2, -0.15) is 0 Å². The van der Waals surface area contributed by atoms with Crippen LogP contribution in [0.1, 0.15) is 24.0 Å². The molecule has 2 rings (SSSR count). The van der Waals surface area contributed by atoms with Gasteiger partial charge in [0.25, 0.3) is 0 Å². The van der Waals surface area contributed by atoms with Gasteiger partial charge < -0.3 is 5.32 Å². The van der Waals surface area contributed by atoms with E-state index in [0.29, 0.717) is 0 Å². The molecule has 0 saturated heterocycles. The number of rotatable bonds is 4. The van der Waals surface area contributed by atoms with Crippen LogP contribution in [0.3, 0.4) is 0 Å². The number of halogens is 1. The van der Waals surface area contributed by atoms with Gasteiger partial charge in [0, 0.05) is 11.0 Å². The van der Waals surface area contributed by atoms with Crippen molar-refractivity contribution in [3.05, 3.63) is 33.8 Å². The molecule has 76 valence electrons. The minimum atomic E-state index is 0.957. The van der Waals surface area contributed by atoms with Crippen molar-refractivity contribution in [2.24, 2.45) is 5.92 Å². The Hall–Kier alpha value is -0.340. The van der Waals surface area contributed by atoms with Crippen LogP contribution in [-0.2, 0) is 6.54 Å². The first-order valence-electron chi connectivity index (χ1n) is 5.21. The molecule has 14 heavy (non-hydrogen) atoms. The number of hydrogen-bond donors (Lipinski definition) is 1. The highest BCUT2D eigenvalue weighted by Gasteiger charge is 2.20. The molecule has 0 spiro atoms. The Morgan fingerprint density at radius 1 is 1.43 bits per heavy atom. The summed E-state index contributed by atoms with van der Waals surface area (Å²) in [4.78, 5) is 0. The van der Waals surface area contributed by atoms with Gasteiger partial charge in [0.05, 0.1) is 0 Å². The van der Waals surface area contributed by atoms with Gasteiger partial charge in [0.1, 0.15) is 0 Å². The fraction of sp³-hybridized carbons (Fsp3) is 0.500. The van der Waals surface area contributed by atoms with E-state index in [2.05, 4.69) is 46.4 Å². The lowest BCUT2D eigenvalue weighted by atomic mass is 10.1. The normalized spacial score (nSPS) is 15.9. The SMILES string of the molecule is Cc1ccc(Br)c(CNCC2CC2)c1. The quantitative estimate of drug-likeness (QED) is 0.869. The van der Waals surface area contributed by atoms with Gasteiger partial charge in [-0.3, -0.25) is 0 Å². The zero-order chi connectivity index (χ0) is 9.97. The zero-order valence-electron chi connectivity index (χ0n) is 8.52. The van der Waals surface area contributed by atoms with Crippen molar-refractivity contribution >= 4 is 15.9 Å². The van der Waals surface area contributed by atoms with E-state index in [9.17, 15) is 0 Å². The summed E-state index contributed by atoms with van der Waals surface area (Å²) in [5.74, 6) is 0.957. The van der Waals surface area contributed by atoms with Crippen molar-refractivity contribution in [1.29, 1.82) is 0 Å². The third-order valence-corrected chi connectivity index (χ3v) is 3.42. The lowest BCUT2D eigenvalue weighted by Crippen LogP contribution is -2.16. The van der Waals surface area contributed by atoms with Crippen LogP contribution in [0.5, 0.6) is 0 Å². The van der Waals surface area contributed by atoms with E-state index in [1.54, 1.807) is 0 Å². The maximum absolute atomic E-state index is 3.57. The van der Waals surface area contributed by atoms with Crippen molar-refractivity contribution in [2.45, 2.75) is 26.3 Å². The predicted molar refractivity (Wildman–Crippen MR) is 63.3 cm³/mol. The first-order chi connectivity index (χ1) is 6.75. The van der Waals surface area contributed by atoms with Crippen LogP contribution in [0, 0.1) is 12.8 Å². The van der Waals surface area contributed by atoms with Crippen molar-refractivity contribution in [3.63, 3.8) is 0 Å². The molecule has 0 aliphatic heterocycles. The molecule has 0 aromatic heterocycles. The summed E-state index contributed by atoms with van der Waals surface area (Å²) in [5.41, 5.74) is 2.70. The summed E-state index contributed by atoms with van der Waals surface area (Å²) in [6.45, 7) is 4.30. The Labute approximate surface area is 94.0 Å². The second-order valence-electron chi connectivity index (χ2n) is 4.17. The highest BCUT2D eigenvalue weighted by molar-refractivity contribution is 9.10. The summed E-state index contributed by atoms with van der Waals surface area (Å²) >= 11 is 3.57.